The number of hydrogen-bond donors (Lipinski definition) is 1. The number of carbonyl (C=O) groups excluding carboxylic acids is 1. The van der Waals surface area contributed by atoms with E-state index in [1.807, 2.05) is 49.6 Å². The predicted octanol–water partition coefficient (Wildman–Crippen LogP) is 3.81. The Morgan fingerprint density at radius 2 is 1.88 bits per heavy atom. The first-order valence-corrected chi connectivity index (χ1v) is 12.9. The molecule has 1 aromatic heterocycles. The lowest BCUT2D eigenvalue weighted by Crippen LogP contribution is -2.46. The van der Waals surface area contributed by atoms with E-state index < -0.39 is 21.0 Å². The van der Waals surface area contributed by atoms with Crippen LogP contribution in [0.3, 0.4) is 0 Å². The average Bonchev–Trinajstić information content (AvgIpc) is 3.31. The molecule has 2 aromatic rings. The fourth-order valence-electron chi connectivity index (χ4n) is 3.83. The quantitative estimate of drug-likeness (QED) is 0.505. The van der Waals surface area contributed by atoms with Crippen LogP contribution in [0.2, 0.25) is 0 Å². The third-order valence-corrected chi connectivity index (χ3v) is 8.56. The summed E-state index contributed by atoms with van der Waals surface area (Å²) in [6.45, 7) is 8.94. The van der Waals surface area contributed by atoms with E-state index in [-0.39, 0.29) is 21.7 Å². The molecule has 2 aliphatic rings. The molecule has 9 nitrogen and oxygen atoms in total. The molecular weight excluding hydrogens is 474 g/mol. The van der Waals surface area contributed by atoms with Crippen molar-refractivity contribution < 1.29 is 17.9 Å². The maximum absolute atomic E-state index is 12.8. The molecule has 11 heteroatoms. The van der Waals surface area contributed by atoms with E-state index in [2.05, 4.69) is 9.39 Å². The first kappa shape index (κ1) is 24.0. The number of fused-ring (bicyclic) bond motifs is 1. The molecule has 0 saturated carbocycles. The minimum atomic E-state index is -3.78. The third-order valence-electron chi connectivity index (χ3n) is 5.71. The molecule has 0 bridgehead atoms. The van der Waals surface area contributed by atoms with Crippen LogP contribution in [0.1, 0.15) is 36.4 Å². The van der Waals surface area contributed by atoms with Crippen LogP contribution >= 0.6 is 11.9 Å². The van der Waals surface area contributed by atoms with Gasteiger partial charge in [0.2, 0.25) is 20.2 Å². The summed E-state index contributed by atoms with van der Waals surface area (Å²) >= 11 is 0.785. The van der Waals surface area contributed by atoms with Crippen LogP contribution in [0, 0.1) is 26.2 Å². The van der Waals surface area contributed by atoms with Crippen LogP contribution in [0.4, 0.5) is 0 Å². The number of sulfone groups is 1. The number of amidine groups is 3. The van der Waals surface area contributed by atoms with Gasteiger partial charge >= 0.3 is 0 Å². The van der Waals surface area contributed by atoms with Crippen molar-refractivity contribution >= 4 is 49.9 Å². The van der Waals surface area contributed by atoms with Gasteiger partial charge in [-0.15, -0.1) is 0 Å². The monoisotopic (exact) mass is 499 g/mol. The lowest BCUT2D eigenvalue weighted by Gasteiger charge is -2.25. The Kier molecular flexibility index (Phi) is 6.03. The predicted molar refractivity (Wildman–Crippen MR) is 136 cm³/mol. The van der Waals surface area contributed by atoms with E-state index in [0.29, 0.717) is 11.3 Å². The zero-order valence-corrected chi connectivity index (χ0v) is 21.3. The first-order chi connectivity index (χ1) is 16.0. The molecule has 2 aliphatic heterocycles. The number of ether oxygens (including phenoxy) is 1. The summed E-state index contributed by atoms with van der Waals surface area (Å²) in [6, 6.07) is 7.79. The van der Waals surface area contributed by atoms with Crippen LogP contribution in [-0.2, 0) is 14.6 Å². The SMILES string of the molecule is COc1ccc(C)cc1-n1c(C)cc(/C=C2/C(=N)N3C(=NC2=O)SN=C3S(=O)(=O)C(C)C)c1C. The summed E-state index contributed by atoms with van der Waals surface area (Å²) in [5.74, 6) is -0.169. The third kappa shape index (κ3) is 3.78. The van der Waals surface area contributed by atoms with Crippen molar-refractivity contribution in [3.63, 3.8) is 0 Å². The fourth-order valence-corrected chi connectivity index (χ4v) is 5.89. The Hall–Kier alpha value is -3.18. The normalized spacial score (nSPS) is 17.4. The first-order valence-electron chi connectivity index (χ1n) is 10.5. The van der Waals surface area contributed by atoms with Crippen molar-refractivity contribution in [2.75, 3.05) is 7.11 Å². The van der Waals surface area contributed by atoms with Crippen LogP contribution in [0.15, 0.2) is 39.2 Å². The lowest BCUT2D eigenvalue weighted by atomic mass is 10.1. The fraction of sp³-hybridized carbons (Fsp3) is 0.304. The Morgan fingerprint density at radius 1 is 1.18 bits per heavy atom. The Morgan fingerprint density at radius 3 is 2.53 bits per heavy atom. The molecule has 0 atom stereocenters. The van der Waals surface area contributed by atoms with Crippen molar-refractivity contribution in [3.8, 4) is 11.4 Å². The molecule has 178 valence electrons. The number of methoxy groups -OCH3 is 1. The van der Waals surface area contributed by atoms with E-state index in [9.17, 15) is 13.2 Å². The molecule has 0 fully saturated rings. The average molecular weight is 500 g/mol. The molecule has 4 rings (SSSR count). The maximum atomic E-state index is 12.8. The second-order valence-electron chi connectivity index (χ2n) is 8.34. The smallest absolute Gasteiger partial charge is 0.283 e. The standard InChI is InChI=1S/C23H25N5O4S2/c1-12(2)34(30,31)23-26-33-22-25-21(29)17(20(24)28(22)23)11-16-10-14(4)27(15(16)5)18-9-13(3)7-8-19(18)32-6/h7-12,24H,1-6H3/b17-11-,24-20?. The zero-order valence-electron chi connectivity index (χ0n) is 19.7. The zero-order chi connectivity index (χ0) is 24.9. The van der Waals surface area contributed by atoms with Crippen molar-refractivity contribution in [3.05, 3.63) is 52.4 Å². The Bertz CT molecular complexity index is 1430. The van der Waals surface area contributed by atoms with Gasteiger partial charge in [0.25, 0.3) is 5.91 Å². The maximum Gasteiger partial charge on any atom is 0.283 e. The Labute approximate surface area is 202 Å². The van der Waals surface area contributed by atoms with Crippen LogP contribution in [-0.4, -0.2) is 52.3 Å². The van der Waals surface area contributed by atoms with Gasteiger partial charge in [-0.05, 0) is 70.0 Å². The van der Waals surface area contributed by atoms with Crippen LogP contribution in [0.5, 0.6) is 5.75 Å². The van der Waals surface area contributed by atoms with E-state index in [4.69, 9.17) is 10.1 Å². The van der Waals surface area contributed by atoms with E-state index >= 15 is 0 Å². The highest BCUT2D eigenvalue weighted by molar-refractivity contribution is 8.16. The molecule has 0 radical (unpaired) electrons. The number of nitrogens with one attached hydrogen (secondary N) is 1. The molecule has 0 saturated heterocycles. The molecule has 0 spiro atoms. The highest BCUT2D eigenvalue weighted by Gasteiger charge is 2.43. The van der Waals surface area contributed by atoms with E-state index in [0.717, 1.165) is 39.5 Å². The number of benzene rings is 1. The van der Waals surface area contributed by atoms with Crippen molar-refractivity contribution in [1.82, 2.24) is 9.47 Å². The number of aliphatic imine (C=N–C) groups is 1. The molecule has 1 amide bonds. The van der Waals surface area contributed by atoms with Gasteiger partial charge in [0.05, 0.1) is 35.6 Å². The van der Waals surface area contributed by atoms with Crippen molar-refractivity contribution in [2.45, 2.75) is 39.9 Å². The molecular formula is C23H25N5O4S2. The minimum absolute atomic E-state index is 0.00522. The molecule has 1 aromatic carbocycles. The number of hydrogen-bond acceptors (Lipinski definition) is 7. The summed E-state index contributed by atoms with van der Waals surface area (Å²) in [6.07, 6.45) is 1.58. The number of aromatic nitrogens is 1. The molecule has 3 heterocycles. The molecule has 34 heavy (non-hydrogen) atoms. The number of amides is 1. The molecule has 0 aliphatic carbocycles. The summed E-state index contributed by atoms with van der Waals surface area (Å²) in [7, 11) is -2.16. The number of nitrogens with zero attached hydrogens (tertiary/aromatic N) is 4. The van der Waals surface area contributed by atoms with Gasteiger partial charge in [-0.3, -0.25) is 10.2 Å². The number of aryl methyl sites for hydroxylation is 2. The number of rotatable bonds is 4. The Balaban J connectivity index is 1.80. The minimum Gasteiger partial charge on any atom is -0.495 e. The lowest BCUT2D eigenvalue weighted by molar-refractivity contribution is -0.114. The molecule has 1 N–H and O–H groups in total. The largest absolute Gasteiger partial charge is 0.495 e. The summed E-state index contributed by atoms with van der Waals surface area (Å²) in [5.41, 5.74) is 4.39. The highest BCUT2D eigenvalue weighted by atomic mass is 32.2. The van der Waals surface area contributed by atoms with E-state index in [1.165, 1.54) is 0 Å². The van der Waals surface area contributed by atoms with Crippen LogP contribution in [0.25, 0.3) is 11.8 Å². The van der Waals surface area contributed by atoms with Gasteiger partial charge in [0.1, 0.15) is 11.6 Å². The van der Waals surface area contributed by atoms with Crippen molar-refractivity contribution in [1.29, 1.82) is 5.41 Å². The van der Waals surface area contributed by atoms with Gasteiger partial charge in [0.15, 0.2) is 0 Å². The highest BCUT2D eigenvalue weighted by Crippen LogP contribution is 2.33. The van der Waals surface area contributed by atoms with Gasteiger partial charge < -0.3 is 9.30 Å². The summed E-state index contributed by atoms with van der Waals surface area (Å²) in [5, 5.41) is 7.73. The molecule has 0 unspecified atom stereocenters. The topological polar surface area (TPSA) is 117 Å². The van der Waals surface area contributed by atoms with Crippen molar-refractivity contribution in [2.24, 2.45) is 9.39 Å². The van der Waals surface area contributed by atoms with Crippen LogP contribution < -0.4 is 4.74 Å². The second kappa shape index (κ2) is 8.55. The van der Waals surface area contributed by atoms with Gasteiger partial charge in [-0.2, -0.15) is 9.39 Å². The number of carbonyl (C=O) groups is 1. The van der Waals surface area contributed by atoms with Gasteiger partial charge in [0, 0.05) is 11.4 Å². The van der Waals surface area contributed by atoms with Gasteiger partial charge in [-0.25, -0.2) is 13.3 Å². The summed E-state index contributed by atoms with van der Waals surface area (Å²) in [4.78, 5) is 17.9. The van der Waals surface area contributed by atoms with E-state index in [1.54, 1.807) is 27.0 Å². The van der Waals surface area contributed by atoms with Gasteiger partial charge in [-0.1, -0.05) is 6.07 Å². The summed E-state index contributed by atoms with van der Waals surface area (Å²) < 4.78 is 37.1. The second-order valence-corrected chi connectivity index (χ2v) is 11.5.